The Bertz CT molecular complexity index is 880. The molecule has 108 valence electrons. The third-order valence-electron chi connectivity index (χ3n) is 3.92. The van der Waals surface area contributed by atoms with Crippen molar-refractivity contribution in [3.63, 3.8) is 0 Å². The molecule has 2 heterocycles. The first-order chi connectivity index (χ1) is 10.7. The Morgan fingerprint density at radius 3 is 2.91 bits per heavy atom. The molecule has 0 unspecified atom stereocenters. The Hall–Kier alpha value is -2.88. The summed E-state index contributed by atoms with van der Waals surface area (Å²) in [6.45, 7) is 2.07. The molecule has 0 saturated carbocycles. The second-order valence-corrected chi connectivity index (χ2v) is 5.56. The molecule has 4 heteroatoms. The molecule has 1 aliphatic rings. The van der Waals surface area contributed by atoms with Crippen LogP contribution in [0.4, 0.5) is 5.69 Å². The number of aromatic nitrogens is 2. The monoisotopic (exact) mass is 289 g/mol. The minimum Gasteiger partial charge on any atom is -0.326 e. The summed E-state index contributed by atoms with van der Waals surface area (Å²) in [5, 5.41) is 7.31. The zero-order valence-electron chi connectivity index (χ0n) is 12.2. The summed E-state index contributed by atoms with van der Waals surface area (Å²) in [6, 6.07) is 16.3. The summed E-state index contributed by atoms with van der Waals surface area (Å²) >= 11 is 0. The number of aryl methyl sites for hydroxylation is 1. The van der Waals surface area contributed by atoms with Crippen molar-refractivity contribution in [3.8, 4) is 16.9 Å². The van der Waals surface area contributed by atoms with E-state index in [0.29, 0.717) is 6.42 Å². The fourth-order valence-corrected chi connectivity index (χ4v) is 2.88. The number of amides is 1. The number of hydrogen-bond donors (Lipinski definition) is 1. The number of benzene rings is 2. The number of anilines is 1. The lowest BCUT2D eigenvalue weighted by atomic mass is 10.1. The molecule has 3 aromatic rings. The molecule has 0 atom stereocenters. The maximum Gasteiger partial charge on any atom is 0.228 e. The van der Waals surface area contributed by atoms with E-state index in [1.54, 1.807) is 6.20 Å². The molecular formula is C18H15N3O. The predicted molar refractivity (Wildman–Crippen MR) is 86.1 cm³/mol. The Balaban J connectivity index is 1.81. The van der Waals surface area contributed by atoms with E-state index in [9.17, 15) is 4.79 Å². The number of carbonyl (C=O) groups excluding carboxylic acids is 1. The van der Waals surface area contributed by atoms with Gasteiger partial charge in [0.25, 0.3) is 0 Å². The molecule has 0 saturated heterocycles. The molecule has 0 radical (unpaired) electrons. The minimum atomic E-state index is 0.0549. The quantitative estimate of drug-likeness (QED) is 0.786. The van der Waals surface area contributed by atoms with Gasteiger partial charge in [-0.2, -0.15) is 5.10 Å². The van der Waals surface area contributed by atoms with Crippen LogP contribution in [0.2, 0.25) is 0 Å². The van der Waals surface area contributed by atoms with Crippen LogP contribution >= 0.6 is 0 Å². The second-order valence-electron chi connectivity index (χ2n) is 5.56. The van der Waals surface area contributed by atoms with Crippen LogP contribution in [0.1, 0.15) is 11.1 Å². The van der Waals surface area contributed by atoms with E-state index in [2.05, 4.69) is 35.5 Å². The fourth-order valence-electron chi connectivity index (χ4n) is 2.88. The number of hydrogen-bond acceptors (Lipinski definition) is 2. The average molecular weight is 289 g/mol. The van der Waals surface area contributed by atoms with E-state index in [4.69, 9.17) is 0 Å². The maximum atomic E-state index is 11.5. The van der Waals surface area contributed by atoms with Crippen molar-refractivity contribution >= 4 is 11.6 Å². The lowest BCUT2D eigenvalue weighted by Crippen LogP contribution is -2.03. The highest BCUT2D eigenvalue weighted by Gasteiger charge is 2.18. The molecular weight excluding hydrogens is 274 g/mol. The number of fused-ring (bicyclic) bond motifs is 1. The number of carbonyl (C=O) groups is 1. The van der Waals surface area contributed by atoms with Crippen LogP contribution in [-0.4, -0.2) is 15.7 Å². The number of rotatable bonds is 2. The van der Waals surface area contributed by atoms with Crippen molar-refractivity contribution in [2.75, 3.05) is 5.32 Å². The average Bonchev–Trinajstić information content (AvgIpc) is 3.11. The van der Waals surface area contributed by atoms with Gasteiger partial charge in [-0.15, -0.1) is 0 Å². The molecule has 1 amide bonds. The van der Waals surface area contributed by atoms with Gasteiger partial charge in [0.2, 0.25) is 5.91 Å². The van der Waals surface area contributed by atoms with Crippen molar-refractivity contribution in [2.45, 2.75) is 13.3 Å². The number of nitrogens with one attached hydrogen (secondary N) is 1. The van der Waals surface area contributed by atoms with E-state index in [-0.39, 0.29) is 5.91 Å². The van der Waals surface area contributed by atoms with E-state index in [1.807, 2.05) is 35.0 Å². The van der Waals surface area contributed by atoms with Crippen LogP contribution in [0.25, 0.3) is 16.9 Å². The Morgan fingerprint density at radius 1 is 1.14 bits per heavy atom. The highest BCUT2D eigenvalue weighted by Crippen LogP contribution is 2.30. The number of nitrogens with zero attached hydrogens (tertiary/aromatic N) is 2. The van der Waals surface area contributed by atoms with Crippen LogP contribution in [0, 0.1) is 6.92 Å². The van der Waals surface area contributed by atoms with Gasteiger partial charge in [-0.3, -0.25) is 4.79 Å². The first kappa shape index (κ1) is 12.8. The third-order valence-corrected chi connectivity index (χ3v) is 3.92. The van der Waals surface area contributed by atoms with Gasteiger partial charge in [0.15, 0.2) is 0 Å². The van der Waals surface area contributed by atoms with Crippen molar-refractivity contribution in [1.82, 2.24) is 9.78 Å². The third kappa shape index (κ3) is 2.09. The van der Waals surface area contributed by atoms with Gasteiger partial charge in [-0.1, -0.05) is 18.2 Å². The topological polar surface area (TPSA) is 46.9 Å². The first-order valence-corrected chi connectivity index (χ1v) is 7.25. The van der Waals surface area contributed by atoms with Gasteiger partial charge in [0.1, 0.15) is 0 Å². The maximum absolute atomic E-state index is 11.5. The van der Waals surface area contributed by atoms with Crippen molar-refractivity contribution in [3.05, 3.63) is 65.9 Å². The van der Waals surface area contributed by atoms with Crippen LogP contribution in [-0.2, 0) is 11.2 Å². The van der Waals surface area contributed by atoms with Crippen LogP contribution in [0.15, 0.2) is 54.7 Å². The predicted octanol–water partition coefficient (Wildman–Crippen LogP) is 3.34. The van der Waals surface area contributed by atoms with Crippen molar-refractivity contribution < 1.29 is 4.79 Å². The Morgan fingerprint density at radius 2 is 2.05 bits per heavy atom. The molecule has 2 aromatic carbocycles. The molecule has 4 nitrogen and oxygen atoms in total. The highest BCUT2D eigenvalue weighted by molar-refractivity contribution is 5.99. The van der Waals surface area contributed by atoms with Gasteiger partial charge < -0.3 is 5.32 Å². The fraction of sp³-hybridized carbons (Fsp3) is 0.111. The molecule has 0 aliphatic carbocycles. The summed E-state index contributed by atoms with van der Waals surface area (Å²) in [7, 11) is 0. The van der Waals surface area contributed by atoms with Gasteiger partial charge in [0, 0.05) is 11.3 Å². The molecule has 1 aromatic heterocycles. The van der Waals surface area contributed by atoms with Crippen molar-refractivity contribution in [2.24, 2.45) is 0 Å². The molecule has 0 fully saturated rings. The van der Waals surface area contributed by atoms with E-state index in [0.717, 1.165) is 28.2 Å². The summed E-state index contributed by atoms with van der Waals surface area (Å²) in [4.78, 5) is 11.5. The van der Waals surface area contributed by atoms with E-state index in [1.165, 1.54) is 5.56 Å². The van der Waals surface area contributed by atoms with Crippen LogP contribution in [0.5, 0.6) is 0 Å². The molecule has 1 aliphatic heterocycles. The largest absolute Gasteiger partial charge is 0.326 e. The highest BCUT2D eigenvalue weighted by atomic mass is 16.1. The zero-order chi connectivity index (χ0) is 15.1. The molecule has 0 bridgehead atoms. The molecule has 4 rings (SSSR count). The lowest BCUT2D eigenvalue weighted by molar-refractivity contribution is -0.115. The first-order valence-electron chi connectivity index (χ1n) is 7.25. The molecule has 1 N–H and O–H groups in total. The Kier molecular flexibility index (Phi) is 2.82. The summed E-state index contributed by atoms with van der Waals surface area (Å²) in [6.07, 6.45) is 2.25. The summed E-state index contributed by atoms with van der Waals surface area (Å²) < 4.78 is 1.93. The molecule has 22 heavy (non-hydrogen) atoms. The smallest absolute Gasteiger partial charge is 0.228 e. The van der Waals surface area contributed by atoms with Gasteiger partial charge in [-0.05, 0) is 48.4 Å². The lowest BCUT2D eigenvalue weighted by Gasteiger charge is -2.09. The standard InChI is InChI=1S/C18H15N3O/c1-12-3-2-4-15(9-12)21-17(7-8-19-21)13-5-6-16-14(10-13)11-18(22)20-16/h2-10H,11H2,1H3,(H,20,22). The summed E-state index contributed by atoms with van der Waals surface area (Å²) in [5.74, 6) is 0.0549. The van der Waals surface area contributed by atoms with Crippen LogP contribution in [0.3, 0.4) is 0 Å². The van der Waals surface area contributed by atoms with Gasteiger partial charge in [0.05, 0.1) is 24.0 Å². The second kappa shape index (κ2) is 4.84. The van der Waals surface area contributed by atoms with Gasteiger partial charge in [-0.25, -0.2) is 4.68 Å². The van der Waals surface area contributed by atoms with E-state index < -0.39 is 0 Å². The minimum absolute atomic E-state index is 0.0549. The molecule has 0 spiro atoms. The van der Waals surface area contributed by atoms with Crippen molar-refractivity contribution in [1.29, 1.82) is 0 Å². The van der Waals surface area contributed by atoms with Gasteiger partial charge >= 0.3 is 0 Å². The SMILES string of the molecule is Cc1cccc(-n2nccc2-c2ccc3c(c2)CC(=O)N3)c1. The zero-order valence-corrected chi connectivity index (χ0v) is 12.2. The Labute approximate surface area is 128 Å². The van der Waals surface area contributed by atoms with E-state index >= 15 is 0 Å². The summed E-state index contributed by atoms with van der Waals surface area (Å²) in [5.41, 5.74) is 6.27. The normalized spacial score (nSPS) is 13.0. The van der Waals surface area contributed by atoms with Crippen LogP contribution < -0.4 is 5.32 Å².